The fourth-order valence-corrected chi connectivity index (χ4v) is 4.09. The summed E-state index contributed by atoms with van der Waals surface area (Å²) in [5.74, 6) is -1.47. The molecule has 1 fully saturated rings. The summed E-state index contributed by atoms with van der Waals surface area (Å²) in [5, 5.41) is 4.08. The summed E-state index contributed by atoms with van der Waals surface area (Å²) in [5.41, 5.74) is -0.0332. The number of rotatable bonds is 3. The van der Waals surface area contributed by atoms with Gasteiger partial charge in [0.25, 0.3) is 0 Å². The SMILES string of the molecule is CC(=O)OC1=C(C2(C)CC(C)(CBr)N2)C(=O)c2ccccc2C1=O. The number of alkyl halides is 1. The Labute approximate surface area is 148 Å². The summed E-state index contributed by atoms with van der Waals surface area (Å²) in [4.78, 5) is 37.3. The predicted octanol–water partition coefficient (Wildman–Crippen LogP) is 2.79. The first kappa shape index (κ1) is 17.0. The van der Waals surface area contributed by atoms with Crippen LogP contribution in [0.5, 0.6) is 0 Å². The zero-order chi connectivity index (χ0) is 17.7. The lowest BCUT2D eigenvalue weighted by atomic mass is 9.66. The van der Waals surface area contributed by atoms with Gasteiger partial charge in [-0.2, -0.15) is 0 Å². The number of Topliss-reactive ketones (excluding diaryl/α,β-unsaturated/α-hetero) is 2. The summed E-state index contributed by atoms with van der Waals surface area (Å²) in [6.45, 7) is 5.11. The highest BCUT2D eigenvalue weighted by Crippen LogP contribution is 2.44. The van der Waals surface area contributed by atoms with E-state index in [9.17, 15) is 14.4 Å². The molecule has 0 radical (unpaired) electrons. The smallest absolute Gasteiger partial charge is 0.308 e. The van der Waals surface area contributed by atoms with Gasteiger partial charge in [-0.15, -0.1) is 0 Å². The molecule has 5 nitrogen and oxygen atoms in total. The largest absolute Gasteiger partial charge is 0.422 e. The van der Waals surface area contributed by atoms with Crippen LogP contribution in [0.25, 0.3) is 0 Å². The van der Waals surface area contributed by atoms with E-state index < -0.39 is 17.3 Å². The van der Waals surface area contributed by atoms with Crippen molar-refractivity contribution in [3.63, 3.8) is 0 Å². The highest BCUT2D eigenvalue weighted by molar-refractivity contribution is 9.09. The average molecular weight is 392 g/mol. The zero-order valence-corrected chi connectivity index (χ0v) is 15.3. The molecular weight excluding hydrogens is 374 g/mol. The van der Waals surface area contributed by atoms with E-state index in [0.29, 0.717) is 17.3 Å². The molecule has 0 bridgehead atoms. The highest BCUT2D eigenvalue weighted by atomic mass is 79.9. The van der Waals surface area contributed by atoms with Crippen molar-refractivity contribution in [1.82, 2.24) is 5.32 Å². The van der Waals surface area contributed by atoms with Gasteiger partial charge in [-0.05, 0) is 20.3 Å². The number of nitrogens with one attached hydrogen (secondary N) is 1. The molecule has 1 aliphatic carbocycles. The molecule has 126 valence electrons. The number of ether oxygens (including phenoxy) is 1. The third-order valence-electron chi connectivity index (χ3n) is 4.49. The van der Waals surface area contributed by atoms with Crippen molar-refractivity contribution in [2.24, 2.45) is 0 Å². The van der Waals surface area contributed by atoms with Crippen molar-refractivity contribution in [1.29, 1.82) is 0 Å². The van der Waals surface area contributed by atoms with Crippen LogP contribution in [0.3, 0.4) is 0 Å². The number of halogens is 1. The maximum Gasteiger partial charge on any atom is 0.308 e. The van der Waals surface area contributed by atoms with E-state index in [-0.39, 0.29) is 28.2 Å². The first-order valence-electron chi connectivity index (χ1n) is 7.68. The third kappa shape index (κ3) is 2.54. The first-order chi connectivity index (χ1) is 11.2. The molecule has 0 aromatic heterocycles. The van der Waals surface area contributed by atoms with Gasteiger partial charge in [0.05, 0.1) is 11.1 Å². The average Bonchev–Trinajstić information content (AvgIpc) is 2.50. The van der Waals surface area contributed by atoms with Gasteiger partial charge in [0.1, 0.15) is 0 Å². The molecule has 24 heavy (non-hydrogen) atoms. The molecule has 2 atom stereocenters. The molecule has 1 heterocycles. The summed E-state index contributed by atoms with van der Waals surface area (Å²) in [7, 11) is 0. The number of ketones is 2. The van der Waals surface area contributed by atoms with Crippen LogP contribution < -0.4 is 5.32 Å². The quantitative estimate of drug-likeness (QED) is 0.633. The highest BCUT2D eigenvalue weighted by Gasteiger charge is 2.54. The Bertz CT molecular complexity index is 790. The number of carbonyl (C=O) groups is 3. The van der Waals surface area contributed by atoms with Crippen LogP contribution in [0.15, 0.2) is 35.6 Å². The minimum Gasteiger partial charge on any atom is -0.422 e. The number of hydrogen-bond acceptors (Lipinski definition) is 5. The Hall–Kier alpha value is -1.79. The van der Waals surface area contributed by atoms with Crippen molar-refractivity contribution in [2.45, 2.75) is 38.3 Å². The number of allylic oxidation sites excluding steroid dienone is 1. The maximum atomic E-state index is 13.0. The van der Waals surface area contributed by atoms with Gasteiger partial charge in [0.15, 0.2) is 11.5 Å². The number of esters is 1. The van der Waals surface area contributed by atoms with Crippen LogP contribution >= 0.6 is 15.9 Å². The predicted molar refractivity (Wildman–Crippen MR) is 92.3 cm³/mol. The second-order valence-corrected chi connectivity index (χ2v) is 7.39. The Kier molecular flexibility index (Phi) is 4.00. The minimum atomic E-state index is -0.715. The standard InChI is InChI=1S/C18H18BrNO4/c1-10(21)24-16-13(18(3)8-17(2,9-19)20-18)14(22)11-6-4-5-7-12(11)15(16)23/h4-7,20H,8-9H2,1-3H3. The van der Waals surface area contributed by atoms with Gasteiger partial charge in [0.2, 0.25) is 5.78 Å². The van der Waals surface area contributed by atoms with E-state index in [0.717, 1.165) is 0 Å². The fourth-order valence-electron chi connectivity index (χ4n) is 3.75. The molecule has 1 saturated heterocycles. The Morgan fingerprint density at radius 1 is 1.21 bits per heavy atom. The molecule has 6 heteroatoms. The molecule has 0 saturated carbocycles. The Morgan fingerprint density at radius 2 is 1.75 bits per heavy atom. The molecule has 2 aliphatic rings. The monoisotopic (exact) mass is 391 g/mol. The Balaban J connectivity index is 2.14. The van der Waals surface area contributed by atoms with E-state index in [1.54, 1.807) is 24.3 Å². The van der Waals surface area contributed by atoms with Crippen molar-refractivity contribution in [3.05, 3.63) is 46.7 Å². The van der Waals surface area contributed by atoms with Gasteiger partial charge < -0.3 is 10.1 Å². The van der Waals surface area contributed by atoms with E-state index >= 15 is 0 Å². The second-order valence-electron chi connectivity index (χ2n) is 6.83. The van der Waals surface area contributed by atoms with Crippen molar-refractivity contribution in [2.75, 3.05) is 5.33 Å². The van der Waals surface area contributed by atoms with Crippen LogP contribution in [0.4, 0.5) is 0 Å². The van der Waals surface area contributed by atoms with Gasteiger partial charge in [-0.25, -0.2) is 0 Å². The van der Waals surface area contributed by atoms with Crippen LogP contribution in [-0.2, 0) is 9.53 Å². The number of carbonyl (C=O) groups excluding carboxylic acids is 3. The lowest BCUT2D eigenvalue weighted by molar-refractivity contribution is -0.136. The normalized spacial score (nSPS) is 29.2. The van der Waals surface area contributed by atoms with Crippen LogP contribution in [0.2, 0.25) is 0 Å². The molecular formula is C18H18BrNO4. The van der Waals surface area contributed by atoms with Crippen LogP contribution in [0.1, 0.15) is 47.9 Å². The number of hydrogen-bond donors (Lipinski definition) is 1. The van der Waals surface area contributed by atoms with Gasteiger partial charge in [0, 0.05) is 28.9 Å². The summed E-state index contributed by atoms with van der Waals surface area (Å²) in [6.07, 6.45) is 0.645. The molecule has 1 N–H and O–H groups in total. The third-order valence-corrected chi connectivity index (χ3v) is 5.73. The van der Waals surface area contributed by atoms with Crippen LogP contribution in [0, 0.1) is 0 Å². The zero-order valence-electron chi connectivity index (χ0n) is 13.7. The maximum absolute atomic E-state index is 13.0. The fraction of sp³-hybridized carbons (Fsp3) is 0.389. The van der Waals surface area contributed by atoms with Gasteiger partial charge in [-0.3, -0.25) is 14.4 Å². The van der Waals surface area contributed by atoms with Crippen molar-refractivity contribution >= 4 is 33.5 Å². The molecule has 3 rings (SSSR count). The first-order valence-corrected chi connectivity index (χ1v) is 8.80. The van der Waals surface area contributed by atoms with Gasteiger partial charge in [-0.1, -0.05) is 40.2 Å². The summed E-state index contributed by atoms with van der Waals surface area (Å²) in [6, 6.07) is 6.62. The minimum absolute atomic E-state index is 0.155. The topological polar surface area (TPSA) is 72.5 Å². The number of benzene rings is 1. The van der Waals surface area contributed by atoms with Gasteiger partial charge >= 0.3 is 5.97 Å². The molecule has 1 aliphatic heterocycles. The lowest BCUT2D eigenvalue weighted by Crippen LogP contribution is -2.72. The molecule has 2 unspecified atom stereocenters. The molecule has 0 spiro atoms. The molecule has 0 amide bonds. The summed E-state index contributed by atoms with van der Waals surface area (Å²) < 4.78 is 5.19. The molecule has 1 aromatic rings. The Morgan fingerprint density at radius 3 is 2.25 bits per heavy atom. The van der Waals surface area contributed by atoms with Crippen LogP contribution in [-0.4, -0.2) is 33.9 Å². The van der Waals surface area contributed by atoms with E-state index in [2.05, 4.69) is 21.2 Å². The van der Waals surface area contributed by atoms with E-state index in [1.807, 2.05) is 13.8 Å². The van der Waals surface area contributed by atoms with E-state index in [4.69, 9.17) is 4.74 Å². The molecule has 1 aromatic carbocycles. The number of fused-ring (bicyclic) bond motifs is 1. The van der Waals surface area contributed by atoms with E-state index in [1.165, 1.54) is 6.92 Å². The summed E-state index contributed by atoms with van der Waals surface area (Å²) >= 11 is 3.45. The van der Waals surface area contributed by atoms with Crippen molar-refractivity contribution in [3.8, 4) is 0 Å². The van der Waals surface area contributed by atoms with Crippen molar-refractivity contribution < 1.29 is 19.1 Å². The lowest BCUT2D eigenvalue weighted by Gasteiger charge is -2.55. The second kappa shape index (κ2) is 5.63.